The van der Waals surface area contributed by atoms with Gasteiger partial charge in [0.2, 0.25) is 11.8 Å². The van der Waals surface area contributed by atoms with Gasteiger partial charge in [0, 0.05) is 29.6 Å². The van der Waals surface area contributed by atoms with E-state index >= 15 is 0 Å². The van der Waals surface area contributed by atoms with Gasteiger partial charge in [0.15, 0.2) is 0 Å². The lowest BCUT2D eigenvalue weighted by atomic mass is 10.2. The summed E-state index contributed by atoms with van der Waals surface area (Å²) < 4.78 is 5.78. The van der Waals surface area contributed by atoms with Crippen molar-refractivity contribution in [1.29, 1.82) is 0 Å². The van der Waals surface area contributed by atoms with Crippen molar-refractivity contribution >= 4 is 22.5 Å². The smallest absolute Gasteiger partial charge is 0.221 e. The highest BCUT2D eigenvalue weighted by Gasteiger charge is 2.08. The second-order valence-electron chi connectivity index (χ2n) is 6.06. The van der Waals surface area contributed by atoms with Crippen molar-refractivity contribution in [3.63, 3.8) is 0 Å². The van der Waals surface area contributed by atoms with Crippen LogP contribution in [0.2, 0.25) is 0 Å². The summed E-state index contributed by atoms with van der Waals surface area (Å²) in [6.07, 6.45) is 0. The molecule has 0 unspecified atom stereocenters. The van der Waals surface area contributed by atoms with Crippen LogP contribution in [0.15, 0.2) is 60.7 Å². The quantitative estimate of drug-likeness (QED) is 0.509. The fraction of sp³-hybridized carbons (Fsp3) is 0.100. The molecule has 0 radical (unpaired) electrons. The van der Waals surface area contributed by atoms with Gasteiger partial charge >= 0.3 is 0 Å². The Morgan fingerprint density at radius 1 is 1.12 bits per heavy atom. The number of benzene rings is 2. The third-order valence-electron chi connectivity index (χ3n) is 4.00. The fourth-order valence-corrected chi connectivity index (χ4v) is 2.83. The van der Waals surface area contributed by atoms with E-state index < -0.39 is 0 Å². The monoisotopic (exact) mass is 346 g/mol. The first-order valence-corrected chi connectivity index (χ1v) is 8.30. The number of aromatic amines is 2. The number of carbonyl (C=O) groups excluding carboxylic acids is 1. The normalized spacial score (nSPS) is 10.8. The Hall–Kier alpha value is -3.54. The van der Waals surface area contributed by atoms with E-state index in [-0.39, 0.29) is 5.91 Å². The third-order valence-corrected chi connectivity index (χ3v) is 4.00. The second-order valence-corrected chi connectivity index (χ2v) is 6.06. The summed E-state index contributed by atoms with van der Waals surface area (Å²) in [5.74, 6) is 0.489. The maximum Gasteiger partial charge on any atom is 0.221 e. The van der Waals surface area contributed by atoms with Crippen LogP contribution in [0.1, 0.15) is 12.5 Å². The number of aromatic nitrogens is 3. The fourth-order valence-electron chi connectivity index (χ4n) is 2.83. The Labute approximate surface area is 150 Å². The number of para-hydroxylation sites is 1. The molecule has 2 aromatic carbocycles. The number of amides is 1. The van der Waals surface area contributed by atoms with Crippen molar-refractivity contribution in [2.75, 3.05) is 5.32 Å². The molecule has 0 fully saturated rings. The zero-order chi connectivity index (χ0) is 17.9. The van der Waals surface area contributed by atoms with E-state index in [9.17, 15) is 4.79 Å². The van der Waals surface area contributed by atoms with E-state index in [1.54, 1.807) is 0 Å². The molecule has 26 heavy (non-hydrogen) atoms. The molecule has 3 N–H and O–H groups in total. The highest BCUT2D eigenvalue weighted by molar-refractivity contribution is 5.88. The van der Waals surface area contributed by atoms with E-state index in [4.69, 9.17) is 4.74 Å². The summed E-state index contributed by atoms with van der Waals surface area (Å²) in [7, 11) is 0. The number of hydrogen-bond donors (Lipinski definition) is 3. The van der Waals surface area contributed by atoms with Crippen LogP contribution in [0.25, 0.3) is 22.3 Å². The van der Waals surface area contributed by atoms with E-state index in [0.717, 1.165) is 33.5 Å². The summed E-state index contributed by atoms with van der Waals surface area (Å²) in [5, 5.41) is 11.1. The minimum atomic E-state index is -0.0976. The van der Waals surface area contributed by atoms with E-state index in [2.05, 4.69) is 32.6 Å². The number of carbonyl (C=O) groups is 1. The molecule has 0 atom stereocenters. The van der Waals surface area contributed by atoms with Gasteiger partial charge in [0.1, 0.15) is 12.3 Å². The number of rotatable bonds is 5. The summed E-state index contributed by atoms with van der Waals surface area (Å²) in [6, 6.07) is 19.6. The van der Waals surface area contributed by atoms with Crippen LogP contribution in [-0.2, 0) is 11.4 Å². The van der Waals surface area contributed by atoms with Gasteiger partial charge in [-0.15, -0.1) is 0 Å². The van der Waals surface area contributed by atoms with Crippen LogP contribution in [0, 0.1) is 0 Å². The predicted molar refractivity (Wildman–Crippen MR) is 101 cm³/mol. The largest absolute Gasteiger partial charge is 0.473 e. The van der Waals surface area contributed by atoms with E-state index in [1.807, 2.05) is 48.5 Å². The van der Waals surface area contributed by atoms with Crippen LogP contribution in [0.5, 0.6) is 5.88 Å². The lowest BCUT2D eigenvalue weighted by Gasteiger charge is -2.06. The van der Waals surface area contributed by atoms with Gasteiger partial charge in [0.25, 0.3) is 0 Å². The lowest BCUT2D eigenvalue weighted by molar-refractivity contribution is -0.114. The van der Waals surface area contributed by atoms with Gasteiger partial charge in [0.05, 0.1) is 5.69 Å². The maximum atomic E-state index is 11.1. The molecule has 0 saturated carbocycles. The van der Waals surface area contributed by atoms with E-state index in [0.29, 0.717) is 12.5 Å². The molecule has 6 nitrogen and oxygen atoms in total. The minimum Gasteiger partial charge on any atom is -0.473 e. The number of nitrogens with one attached hydrogen (secondary N) is 3. The van der Waals surface area contributed by atoms with Gasteiger partial charge in [-0.05, 0) is 29.8 Å². The lowest BCUT2D eigenvalue weighted by Crippen LogP contribution is -2.06. The summed E-state index contributed by atoms with van der Waals surface area (Å²) in [4.78, 5) is 14.5. The van der Waals surface area contributed by atoms with Crippen LogP contribution < -0.4 is 10.1 Å². The first-order valence-electron chi connectivity index (χ1n) is 8.30. The molecule has 0 bridgehead atoms. The zero-order valence-electron chi connectivity index (χ0n) is 14.2. The summed E-state index contributed by atoms with van der Waals surface area (Å²) in [5.41, 5.74) is 4.51. The second kappa shape index (κ2) is 6.76. The summed E-state index contributed by atoms with van der Waals surface area (Å²) in [6.45, 7) is 1.86. The Kier molecular flexibility index (Phi) is 4.15. The first kappa shape index (κ1) is 16.0. The van der Waals surface area contributed by atoms with Crippen LogP contribution >= 0.6 is 0 Å². The molecule has 4 aromatic rings. The van der Waals surface area contributed by atoms with Crippen molar-refractivity contribution in [2.45, 2.75) is 13.5 Å². The van der Waals surface area contributed by atoms with Gasteiger partial charge in [-0.3, -0.25) is 4.79 Å². The van der Waals surface area contributed by atoms with E-state index in [1.165, 1.54) is 6.92 Å². The molecular formula is C20H18N4O2. The topological polar surface area (TPSA) is 82.8 Å². The van der Waals surface area contributed by atoms with Gasteiger partial charge < -0.3 is 15.0 Å². The molecule has 0 aliphatic rings. The molecule has 0 spiro atoms. The molecule has 0 saturated heterocycles. The first-order chi connectivity index (χ1) is 12.7. The number of H-pyrrole nitrogens is 2. The molecule has 2 aromatic heterocycles. The Bertz CT molecular complexity index is 1030. The summed E-state index contributed by atoms with van der Waals surface area (Å²) >= 11 is 0. The highest BCUT2D eigenvalue weighted by Crippen LogP contribution is 2.25. The average molecular weight is 346 g/mol. The molecule has 0 aliphatic carbocycles. The molecule has 6 heteroatoms. The molecule has 4 rings (SSSR count). The number of fused-ring (bicyclic) bond motifs is 1. The van der Waals surface area contributed by atoms with Crippen LogP contribution in [0.3, 0.4) is 0 Å². The Morgan fingerprint density at radius 3 is 2.85 bits per heavy atom. The maximum absolute atomic E-state index is 11.1. The number of ether oxygens (including phenoxy) is 1. The number of anilines is 1. The zero-order valence-corrected chi connectivity index (χ0v) is 14.2. The third kappa shape index (κ3) is 3.44. The van der Waals surface area contributed by atoms with Crippen LogP contribution in [-0.4, -0.2) is 21.1 Å². The minimum absolute atomic E-state index is 0.0976. The SMILES string of the molecule is CC(=O)Nc1cccc(COc2cc(-c3cc4ccccc4[nH]3)n[nH]2)c1. The van der Waals surface area contributed by atoms with Gasteiger partial charge in [-0.25, -0.2) is 5.10 Å². The molecular weight excluding hydrogens is 328 g/mol. The van der Waals surface area contributed by atoms with Crippen molar-refractivity contribution < 1.29 is 9.53 Å². The molecule has 2 heterocycles. The van der Waals surface area contributed by atoms with Gasteiger partial charge in [-0.2, -0.15) is 5.10 Å². The Balaban J connectivity index is 1.46. The molecule has 130 valence electrons. The molecule has 0 aliphatic heterocycles. The van der Waals surface area contributed by atoms with Crippen LogP contribution in [0.4, 0.5) is 5.69 Å². The number of hydrogen-bond acceptors (Lipinski definition) is 3. The standard InChI is InChI=1S/C20H18N4O2/c1-13(25)21-16-7-4-5-14(9-16)12-26-20-11-19(23-24-20)18-10-15-6-2-3-8-17(15)22-18/h2-11,22H,12H2,1H3,(H,21,25)(H,23,24). The van der Waals surface area contributed by atoms with Crippen molar-refractivity contribution in [2.24, 2.45) is 0 Å². The van der Waals surface area contributed by atoms with Crippen molar-refractivity contribution in [3.05, 3.63) is 66.2 Å². The predicted octanol–water partition coefficient (Wildman–Crippen LogP) is 4.10. The highest BCUT2D eigenvalue weighted by atomic mass is 16.5. The number of nitrogens with zero attached hydrogens (tertiary/aromatic N) is 1. The van der Waals surface area contributed by atoms with Crippen molar-refractivity contribution in [3.8, 4) is 17.3 Å². The Morgan fingerprint density at radius 2 is 2.00 bits per heavy atom. The van der Waals surface area contributed by atoms with Gasteiger partial charge in [-0.1, -0.05) is 30.3 Å². The van der Waals surface area contributed by atoms with Crippen molar-refractivity contribution in [1.82, 2.24) is 15.2 Å². The average Bonchev–Trinajstić information content (AvgIpc) is 3.26. The molecule has 1 amide bonds.